The fourth-order valence-corrected chi connectivity index (χ4v) is 2.33. The molecule has 1 saturated heterocycles. The lowest BCUT2D eigenvalue weighted by molar-refractivity contribution is -0.146. The summed E-state index contributed by atoms with van der Waals surface area (Å²) in [5.41, 5.74) is 0.335. The number of hydrogen-bond donors (Lipinski definition) is 0. The van der Waals surface area contributed by atoms with E-state index in [4.69, 9.17) is 20.8 Å². The van der Waals surface area contributed by atoms with Crippen LogP contribution in [0.3, 0.4) is 0 Å². The minimum atomic E-state index is -0.272. The molecule has 0 N–H and O–H groups in total. The molecule has 5 nitrogen and oxygen atoms in total. The number of esters is 1. The largest absolute Gasteiger partial charge is 0.469 e. The Kier molecular flexibility index (Phi) is 3.91. The summed E-state index contributed by atoms with van der Waals surface area (Å²) in [6, 6.07) is 1.53. The predicted molar refractivity (Wildman–Crippen MR) is 64.4 cm³/mol. The Labute approximate surface area is 110 Å². The fraction of sp³-hybridized carbons (Fsp3) is 0.500. The van der Waals surface area contributed by atoms with Gasteiger partial charge in [0.2, 0.25) is 5.22 Å². The Morgan fingerprint density at radius 1 is 1.56 bits per heavy atom. The van der Waals surface area contributed by atoms with Gasteiger partial charge in [0.25, 0.3) is 5.91 Å². The highest BCUT2D eigenvalue weighted by molar-refractivity contribution is 6.32. The number of piperidine rings is 1. The van der Waals surface area contributed by atoms with E-state index in [0.29, 0.717) is 18.7 Å². The summed E-state index contributed by atoms with van der Waals surface area (Å²) in [4.78, 5) is 25.3. The third kappa shape index (κ3) is 2.51. The summed E-state index contributed by atoms with van der Waals surface area (Å²) in [5.74, 6) is -0.730. The molecule has 1 fully saturated rings. The maximum atomic E-state index is 12.2. The van der Waals surface area contributed by atoms with E-state index in [1.54, 1.807) is 4.90 Å². The van der Waals surface area contributed by atoms with Gasteiger partial charge in [-0.05, 0) is 30.5 Å². The number of carbonyl (C=O) groups is 2. The number of amides is 1. The number of furan rings is 1. The number of nitrogens with zero attached hydrogens (tertiary/aromatic N) is 1. The molecular formula is C12H14ClNO4. The molecule has 2 rings (SSSR count). The Hall–Kier alpha value is -1.49. The van der Waals surface area contributed by atoms with Gasteiger partial charge in [-0.25, -0.2) is 0 Å². The molecule has 0 radical (unpaired) electrons. The normalized spacial score (nSPS) is 19.7. The highest BCUT2D eigenvalue weighted by Gasteiger charge is 2.30. The molecule has 1 amide bonds. The second-order valence-electron chi connectivity index (χ2n) is 4.22. The Morgan fingerprint density at radius 3 is 2.94 bits per heavy atom. The van der Waals surface area contributed by atoms with Crippen molar-refractivity contribution in [1.82, 2.24) is 4.90 Å². The number of rotatable bonds is 2. The molecule has 0 saturated carbocycles. The maximum Gasteiger partial charge on any atom is 0.310 e. The lowest BCUT2D eigenvalue weighted by Gasteiger charge is -2.31. The van der Waals surface area contributed by atoms with Gasteiger partial charge in [0, 0.05) is 13.1 Å². The van der Waals surface area contributed by atoms with Gasteiger partial charge < -0.3 is 14.1 Å². The molecular weight excluding hydrogens is 258 g/mol. The van der Waals surface area contributed by atoms with Gasteiger partial charge in [0.15, 0.2) is 0 Å². The number of ether oxygens (including phenoxy) is 1. The highest BCUT2D eigenvalue weighted by atomic mass is 35.5. The molecule has 0 aliphatic carbocycles. The predicted octanol–water partition coefficient (Wildman–Crippen LogP) is 1.96. The van der Waals surface area contributed by atoms with Crippen molar-refractivity contribution in [3.05, 3.63) is 23.1 Å². The van der Waals surface area contributed by atoms with Crippen LogP contribution in [0.2, 0.25) is 5.22 Å². The monoisotopic (exact) mass is 271 g/mol. The van der Waals surface area contributed by atoms with Crippen molar-refractivity contribution in [2.75, 3.05) is 20.2 Å². The van der Waals surface area contributed by atoms with Gasteiger partial charge in [0.05, 0.1) is 24.9 Å². The summed E-state index contributed by atoms with van der Waals surface area (Å²) in [6.07, 6.45) is 2.90. The van der Waals surface area contributed by atoms with Crippen molar-refractivity contribution in [2.45, 2.75) is 12.8 Å². The van der Waals surface area contributed by atoms with Gasteiger partial charge in [-0.2, -0.15) is 0 Å². The summed E-state index contributed by atoms with van der Waals surface area (Å²) in [5, 5.41) is 0.0835. The number of methoxy groups -OCH3 is 1. The van der Waals surface area contributed by atoms with Crippen LogP contribution in [0.1, 0.15) is 23.2 Å². The van der Waals surface area contributed by atoms with Gasteiger partial charge >= 0.3 is 5.97 Å². The third-order valence-electron chi connectivity index (χ3n) is 3.09. The molecule has 1 aliphatic rings. The number of halogens is 1. The van der Waals surface area contributed by atoms with Crippen LogP contribution in [-0.2, 0) is 9.53 Å². The molecule has 0 spiro atoms. The maximum absolute atomic E-state index is 12.2. The van der Waals surface area contributed by atoms with Crippen molar-refractivity contribution in [3.8, 4) is 0 Å². The average molecular weight is 272 g/mol. The van der Waals surface area contributed by atoms with Crippen LogP contribution in [0.25, 0.3) is 0 Å². The molecule has 98 valence electrons. The minimum Gasteiger partial charge on any atom is -0.469 e. The molecule has 0 aromatic carbocycles. The van der Waals surface area contributed by atoms with Crippen LogP contribution in [0.5, 0.6) is 0 Å². The molecule has 18 heavy (non-hydrogen) atoms. The second-order valence-corrected chi connectivity index (χ2v) is 4.56. The van der Waals surface area contributed by atoms with E-state index < -0.39 is 0 Å². The molecule has 1 unspecified atom stereocenters. The zero-order chi connectivity index (χ0) is 13.1. The molecule has 1 aromatic heterocycles. The van der Waals surface area contributed by atoms with Crippen LogP contribution in [0.15, 0.2) is 16.7 Å². The van der Waals surface area contributed by atoms with Gasteiger partial charge in [-0.15, -0.1) is 0 Å². The van der Waals surface area contributed by atoms with Crippen LogP contribution < -0.4 is 0 Å². The molecule has 1 aliphatic heterocycles. The molecule has 2 heterocycles. The summed E-state index contributed by atoms with van der Waals surface area (Å²) in [7, 11) is 1.36. The second kappa shape index (κ2) is 5.44. The smallest absolute Gasteiger partial charge is 0.310 e. The summed E-state index contributed by atoms with van der Waals surface area (Å²) < 4.78 is 9.61. The van der Waals surface area contributed by atoms with E-state index in [-0.39, 0.29) is 23.0 Å². The Balaban J connectivity index is 2.07. The van der Waals surface area contributed by atoms with Crippen molar-refractivity contribution < 1.29 is 18.7 Å². The molecule has 1 atom stereocenters. The zero-order valence-electron chi connectivity index (χ0n) is 10.0. The van der Waals surface area contributed by atoms with E-state index in [9.17, 15) is 9.59 Å². The first-order valence-electron chi connectivity index (χ1n) is 5.73. The summed E-state index contributed by atoms with van der Waals surface area (Å²) in [6.45, 7) is 0.987. The van der Waals surface area contributed by atoms with Crippen LogP contribution in [0, 0.1) is 5.92 Å². The number of hydrogen-bond acceptors (Lipinski definition) is 4. The first-order chi connectivity index (χ1) is 8.63. The lowest BCUT2D eigenvalue weighted by Crippen LogP contribution is -2.42. The highest BCUT2D eigenvalue weighted by Crippen LogP contribution is 2.23. The van der Waals surface area contributed by atoms with Crippen LogP contribution in [0.4, 0.5) is 0 Å². The topological polar surface area (TPSA) is 59.8 Å². The molecule has 1 aromatic rings. The SMILES string of the molecule is COC(=O)C1CCCN(C(=O)c2ccoc2Cl)C1. The van der Waals surface area contributed by atoms with E-state index >= 15 is 0 Å². The third-order valence-corrected chi connectivity index (χ3v) is 3.38. The van der Waals surface area contributed by atoms with Crippen molar-refractivity contribution >= 4 is 23.5 Å². The Morgan fingerprint density at radius 2 is 2.33 bits per heavy atom. The standard InChI is InChI=1S/C12H14ClNO4/c1-17-12(16)8-3-2-5-14(7-8)11(15)9-4-6-18-10(9)13/h4,6,8H,2-3,5,7H2,1H3. The number of likely N-dealkylation sites (tertiary alicyclic amines) is 1. The summed E-state index contributed by atoms with van der Waals surface area (Å²) >= 11 is 5.77. The minimum absolute atomic E-state index is 0.0835. The van der Waals surface area contributed by atoms with Crippen LogP contribution in [-0.4, -0.2) is 37.0 Å². The zero-order valence-corrected chi connectivity index (χ0v) is 10.8. The Bertz CT molecular complexity index is 457. The fourth-order valence-electron chi connectivity index (χ4n) is 2.14. The van der Waals surface area contributed by atoms with Crippen molar-refractivity contribution in [1.29, 1.82) is 0 Å². The molecule has 6 heteroatoms. The van der Waals surface area contributed by atoms with E-state index in [0.717, 1.165) is 12.8 Å². The van der Waals surface area contributed by atoms with E-state index in [1.807, 2.05) is 0 Å². The van der Waals surface area contributed by atoms with Gasteiger partial charge in [-0.3, -0.25) is 9.59 Å². The van der Waals surface area contributed by atoms with Gasteiger partial charge in [0.1, 0.15) is 0 Å². The first kappa shape index (κ1) is 13.0. The first-order valence-corrected chi connectivity index (χ1v) is 6.11. The van der Waals surface area contributed by atoms with Gasteiger partial charge in [-0.1, -0.05) is 0 Å². The lowest BCUT2D eigenvalue weighted by atomic mass is 9.98. The average Bonchev–Trinajstić information content (AvgIpc) is 2.83. The molecule has 0 bridgehead atoms. The van der Waals surface area contributed by atoms with Crippen LogP contribution >= 0.6 is 11.6 Å². The van der Waals surface area contributed by atoms with Crippen molar-refractivity contribution in [3.63, 3.8) is 0 Å². The van der Waals surface area contributed by atoms with E-state index in [1.165, 1.54) is 19.4 Å². The van der Waals surface area contributed by atoms with Crippen molar-refractivity contribution in [2.24, 2.45) is 5.92 Å². The van der Waals surface area contributed by atoms with E-state index in [2.05, 4.69) is 0 Å². The quantitative estimate of drug-likeness (QED) is 0.772. The number of carbonyl (C=O) groups excluding carboxylic acids is 2.